The van der Waals surface area contributed by atoms with Crippen molar-refractivity contribution in [2.24, 2.45) is 14.1 Å². The van der Waals surface area contributed by atoms with Crippen molar-refractivity contribution in [2.75, 3.05) is 0 Å². The number of hydrogen-bond donors (Lipinski definition) is 0. The molecule has 8 heteroatoms. The van der Waals surface area contributed by atoms with Gasteiger partial charge in [0.2, 0.25) is 0 Å². The third-order valence-corrected chi connectivity index (χ3v) is 4.44. The molecule has 0 unspecified atom stereocenters. The Morgan fingerprint density at radius 2 is 1.28 bits per heavy atom. The average molecular weight is 282 g/mol. The van der Waals surface area contributed by atoms with Crippen LogP contribution in [0.3, 0.4) is 0 Å². The second kappa shape index (κ2) is 5.40. The van der Waals surface area contributed by atoms with Gasteiger partial charge in [0, 0.05) is 36.0 Å². The van der Waals surface area contributed by atoms with E-state index in [9.17, 15) is 9.59 Å². The van der Waals surface area contributed by atoms with Gasteiger partial charge in [-0.25, -0.2) is 9.36 Å². The fourth-order valence-corrected chi connectivity index (χ4v) is 2.89. The van der Waals surface area contributed by atoms with Gasteiger partial charge >= 0.3 is 0 Å². The van der Waals surface area contributed by atoms with Crippen LogP contribution in [0.25, 0.3) is 0 Å². The highest BCUT2D eigenvalue weighted by Crippen LogP contribution is 2.35. The summed E-state index contributed by atoms with van der Waals surface area (Å²) in [6.45, 7) is 0. The van der Waals surface area contributed by atoms with E-state index >= 15 is 0 Å². The van der Waals surface area contributed by atoms with Gasteiger partial charge in [0.25, 0.3) is 11.1 Å². The lowest BCUT2D eigenvalue weighted by atomic mass is 10.6. The summed E-state index contributed by atoms with van der Waals surface area (Å²) in [7, 11) is 5.91. The molecule has 0 aliphatic rings. The zero-order chi connectivity index (χ0) is 13.1. The van der Waals surface area contributed by atoms with Gasteiger partial charge in [0.15, 0.2) is 0 Å². The van der Waals surface area contributed by atoms with Gasteiger partial charge in [-0.05, 0) is 0 Å². The number of nitrogens with zero attached hydrogens (tertiary/aromatic N) is 4. The van der Waals surface area contributed by atoms with Crippen molar-refractivity contribution < 1.29 is 0 Å². The van der Waals surface area contributed by atoms with E-state index in [0.717, 1.165) is 9.79 Å². The van der Waals surface area contributed by atoms with Crippen LogP contribution in [0, 0.1) is 0 Å². The lowest BCUT2D eigenvalue weighted by Crippen LogP contribution is -2.18. The van der Waals surface area contributed by atoms with Crippen molar-refractivity contribution in [1.82, 2.24) is 19.6 Å². The molecule has 0 amide bonds. The first kappa shape index (κ1) is 12.9. The molecule has 0 saturated heterocycles. The molecule has 0 fully saturated rings. The molecule has 2 aromatic heterocycles. The predicted octanol–water partition coefficient (Wildman–Crippen LogP) is 0.673. The zero-order valence-electron chi connectivity index (χ0n) is 9.73. The largest absolute Gasteiger partial charge is 0.268 e. The van der Waals surface area contributed by atoms with E-state index in [1.165, 1.54) is 43.1 Å². The summed E-state index contributed by atoms with van der Waals surface area (Å²) < 4.78 is 2.52. The molecule has 0 bridgehead atoms. The first-order chi connectivity index (χ1) is 8.56. The Morgan fingerprint density at radius 3 is 1.61 bits per heavy atom. The maximum atomic E-state index is 11.4. The van der Waals surface area contributed by atoms with Crippen LogP contribution in [0.5, 0.6) is 0 Å². The highest BCUT2D eigenvalue weighted by atomic mass is 33.1. The molecule has 0 aromatic carbocycles. The van der Waals surface area contributed by atoms with Crippen LogP contribution in [0.2, 0.25) is 0 Å². The summed E-state index contributed by atoms with van der Waals surface area (Å²) in [5, 5.41) is 7.82. The second-order valence-corrected chi connectivity index (χ2v) is 5.75. The standard InChI is InChI=1S/C10H10N4O2S2/c1-13-9(15)3-7(5-11-13)17-18-8-4-10(16)14(2)12-6-8/h3-6H,1-2H3. The summed E-state index contributed by atoms with van der Waals surface area (Å²) in [5.74, 6) is 0. The average Bonchev–Trinajstić information content (AvgIpc) is 2.35. The SMILES string of the molecule is Cn1ncc(SSc2cnn(C)c(=O)c2)cc1=O. The summed E-state index contributed by atoms with van der Waals surface area (Å²) >= 11 is 0. The molecule has 2 aromatic rings. The third-order valence-electron chi connectivity index (χ3n) is 2.12. The van der Waals surface area contributed by atoms with Crippen molar-refractivity contribution in [1.29, 1.82) is 0 Å². The van der Waals surface area contributed by atoms with Crippen LogP contribution in [-0.2, 0) is 14.1 Å². The van der Waals surface area contributed by atoms with Crippen LogP contribution >= 0.6 is 21.6 Å². The van der Waals surface area contributed by atoms with E-state index in [2.05, 4.69) is 10.2 Å². The molecular weight excluding hydrogens is 272 g/mol. The Kier molecular flexibility index (Phi) is 3.87. The van der Waals surface area contributed by atoms with Gasteiger partial charge in [-0.2, -0.15) is 10.2 Å². The lowest BCUT2D eigenvalue weighted by Gasteiger charge is -2.01. The molecule has 6 nitrogen and oxygen atoms in total. The maximum Gasteiger partial charge on any atom is 0.267 e. The van der Waals surface area contributed by atoms with Gasteiger partial charge in [-0.15, -0.1) is 0 Å². The topological polar surface area (TPSA) is 69.8 Å². The maximum absolute atomic E-state index is 11.4. The summed E-state index contributed by atoms with van der Waals surface area (Å²) in [6, 6.07) is 3.00. The van der Waals surface area contributed by atoms with Crippen LogP contribution in [0.1, 0.15) is 0 Å². The normalized spacial score (nSPS) is 10.6. The lowest BCUT2D eigenvalue weighted by molar-refractivity contribution is 0.696. The number of aryl methyl sites for hydroxylation is 2. The summed E-state index contributed by atoms with van der Waals surface area (Å²) in [5.41, 5.74) is -0.328. The van der Waals surface area contributed by atoms with Gasteiger partial charge in [0.05, 0.1) is 12.4 Å². The van der Waals surface area contributed by atoms with Gasteiger partial charge in [-0.1, -0.05) is 21.6 Å². The van der Waals surface area contributed by atoms with Gasteiger partial charge in [-0.3, -0.25) is 9.59 Å². The summed E-state index contributed by atoms with van der Waals surface area (Å²) in [6.07, 6.45) is 3.21. The minimum Gasteiger partial charge on any atom is -0.268 e. The van der Waals surface area contributed by atoms with E-state index in [-0.39, 0.29) is 11.1 Å². The van der Waals surface area contributed by atoms with Gasteiger partial charge < -0.3 is 0 Å². The Bertz CT molecular complexity index is 621. The molecule has 0 radical (unpaired) electrons. The third kappa shape index (κ3) is 3.02. The molecule has 0 aliphatic heterocycles. The number of hydrogen-bond acceptors (Lipinski definition) is 6. The van der Waals surface area contributed by atoms with Crippen molar-refractivity contribution in [3.05, 3.63) is 45.2 Å². The highest BCUT2D eigenvalue weighted by molar-refractivity contribution is 8.76. The monoisotopic (exact) mass is 282 g/mol. The van der Waals surface area contributed by atoms with E-state index < -0.39 is 0 Å². The fraction of sp³-hybridized carbons (Fsp3) is 0.200. The minimum atomic E-state index is -0.164. The molecule has 0 spiro atoms. The molecule has 0 N–H and O–H groups in total. The number of aromatic nitrogens is 4. The van der Waals surface area contributed by atoms with Crippen LogP contribution < -0.4 is 11.1 Å². The molecule has 18 heavy (non-hydrogen) atoms. The smallest absolute Gasteiger partial charge is 0.267 e. The van der Waals surface area contributed by atoms with E-state index in [4.69, 9.17) is 0 Å². The Hall–Kier alpha value is -1.54. The Morgan fingerprint density at radius 1 is 0.889 bits per heavy atom. The first-order valence-corrected chi connectivity index (χ1v) is 7.12. The molecule has 0 aliphatic carbocycles. The van der Waals surface area contributed by atoms with Crippen molar-refractivity contribution in [3.63, 3.8) is 0 Å². The first-order valence-electron chi connectivity index (χ1n) is 4.97. The van der Waals surface area contributed by atoms with Crippen LogP contribution in [0.15, 0.2) is 43.9 Å². The minimum absolute atomic E-state index is 0.164. The van der Waals surface area contributed by atoms with Gasteiger partial charge in [0.1, 0.15) is 0 Å². The van der Waals surface area contributed by atoms with Crippen molar-refractivity contribution in [3.8, 4) is 0 Å². The van der Waals surface area contributed by atoms with E-state index in [1.54, 1.807) is 26.5 Å². The van der Waals surface area contributed by atoms with Crippen LogP contribution in [0.4, 0.5) is 0 Å². The fourth-order valence-electron chi connectivity index (χ4n) is 1.09. The van der Waals surface area contributed by atoms with Crippen LogP contribution in [-0.4, -0.2) is 19.6 Å². The van der Waals surface area contributed by atoms with Crippen molar-refractivity contribution >= 4 is 21.6 Å². The second-order valence-electron chi connectivity index (χ2n) is 3.47. The number of rotatable bonds is 3. The molecule has 0 atom stereocenters. The predicted molar refractivity (Wildman–Crippen MR) is 70.7 cm³/mol. The van der Waals surface area contributed by atoms with E-state index in [0.29, 0.717) is 0 Å². The van der Waals surface area contributed by atoms with E-state index in [1.807, 2.05) is 0 Å². The summed E-state index contributed by atoms with van der Waals surface area (Å²) in [4.78, 5) is 24.2. The van der Waals surface area contributed by atoms with Crippen molar-refractivity contribution in [2.45, 2.75) is 9.79 Å². The zero-order valence-corrected chi connectivity index (χ0v) is 11.4. The quantitative estimate of drug-likeness (QED) is 0.771. The molecule has 94 valence electrons. The molecule has 2 heterocycles. The molecule has 2 rings (SSSR count). The molecular formula is C10H10N4O2S2. The Balaban J connectivity index is 2.11. The highest BCUT2D eigenvalue weighted by Gasteiger charge is 2.02. The Labute approximate surface area is 110 Å². The molecule has 0 saturated carbocycles.